The Kier molecular flexibility index (Phi) is 37.4. The highest BCUT2D eigenvalue weighted by molar-refractivity contribution is 5.98. The van der Waals surface area contributed by atoms with Crippen LogP contribution in [0.3, 0.4) is 0 Å². The predicted molar refractivity (Wildman–Crippen MR) is 294 cm³/mol. The first-order chi connectivity index (χ1) is 37.3. The van der Waals surface area contributed by atoms with E-state index in [1.54, 1.807) is 0 Å². The maximum absolute atomic E-state index is 14.4. The van der Waals surface area contributed by atoms with Gasteiger partial charge >= 0.3 is 0 Å². The molecule has 1 rings (SSSR count). The number of unbranched alkanes of at least 4 members (excludes halogenated alkanes) is 7. The molecule has 29 heteroatoms. The molecule has 0 saturated carbocycles. The Labute approximate surface area is 457 Å². The largest absolute Gasteiger partial charge is 0.379 e. The minimum atomic E-state index is -1.51. The van der Waals surface area contributed by atoms with Crippen LogP contribution in [0.15, 0.2) is 15.0 Å². The summed E-state index contributed by atoms with van der Waals surface area (Å²) in [6.45, 7) is 2.28. The van der Waals surface area contributed by atoms with E-state index in [4.69, 9.17) is 55.3 Å². The summed E-state index contributed by atoms with van der Waals surface area (Å²) in [6, 6.07) is -7.81. The van der Waals surface area contributed by atoms with Crippen molar-refractivity contribution < 1.29 is 52.6 Å². The smallest absolute Gasteiger partial charge is 0.246 e. The van der Waals surface area contributed by atoms with Gasteiger partial charge in [0.1, 0.15) is 48.6 Å². The van der Waals surface area contributed by atoms with Crippen LogP contribution in [-0.2, 0) is 52.6 Å². The number of aliphatic imine (C=N–C) groups is 3. The summed E-state index contributed by atoms with van der Waals surface area (Å²) in [5.74, 6) is -6.71. The molecule has 8 amide bonds. The third-order valence-corrected chi connectivity index (χ3v) is 12.2. The standard InChI is InChI=1S/C49H92N18O11/c1-2-3-4-5-6-7-8-20-39(69)61-30-38-46(76)65-36(19-13-26-60-49(56)57)43(73)63-34(17-11-24-58-47(52)53)42(72)64-35(18-12-25-59-48(54)55)44(74)66-37(45(75)67-38)22-21-32(68)15-14-27-77-28-29-78-31-40(70)62-33(41(51)71)16-9-10-23-50/h33-38H,2-31,50H2,1H3,(H2,51,71)(H,61,69)(H,62,70)(H,63,73)(H,64,72)(H,65,76)(H,66,74)(H,67,75)(H4,52,53,58)(H4,54,55,59)(H4,56,57,60)/t33?,34-,35-,36-,37-,38-/m0/s1. The number of ketones is 1. The minimum Gasteiger partial charge on any atom is -0.379 e. The number of guanidine groups is 3. The summed E-state index contributed by atoms with van der Waals surface area (Å²) in [6.07, 6.45) is 8.73. The van der Waals surface area contributed by atoms with Gasteiger partial charge in [0.05, 0.1) is 13.2 Å². The zero-order chi connectivity index (χ0) is 58.1. The first-order valence-corrected chi connectivity index (χ1v) is 27.2. The molecule has 1 unspecified atom stereocenters. The van der Waals surface area contributed by atoms with Crippen LogP contribution in [0.25, 0.3) is 0 Å². The Balaban J connectivity index is 3.45. The van der Waals surface area contributed by atoms with Crippen molar-refractivity contribution in [2.24, 2.45) is 60.8 Å². The van der Waals surface area contributed by atoms with Crippen molar-refractivity contribution in [3.8, 4) is 0 Å². The van der Waals surface area contributed by atoms with Crippen LogP contribution in [0.4, 0.5) is 0 Å². The molecule has 0 spiro atoms. The van der Waals surface area contributed by atoms with Crippen LogP contribution in [0, 0.1) is 0 Å². The molecular weight excluding hydrogens is 1020 g/mol. The third-order valence-electron chi connectivity index (χ3n) is 12.2. The third kappa shape index (κ3) is 34.0. The maximum atomic E-state index is 14.4. The topological polar surface area (TPSA) is 502 Å². The Hall–Kier alpha value is -6.88. The highest BCUT2D eigenvalue weighted by Gasteiger charge is 2.35. The molecule has 1 heterocycles. The number of amides is 8. The van der Waals surface area contributed by atoms with Gasteiger partial charge in [-0.25, -0.2) is 0 Å². The molecule has 6 atom stereocenters. The Morgan fingerprint density at radius 3 is 1.42 bits per heavy atom. The van der Waals surface area contributed by atoms with Gasteiger partial charge in [0.2, 0.25) is 47.3 Å². The van der Waals surface area contributed by atoms with Gasteiger partial charge in [-0.1, -0.05) is 45.4 Å². The monoisotopic (exact) mass is 1110 g/mol. The first kappa shape index (κ1) is 69.1. The summed E-state index contributed by atoms with van der Waals surface area (Å²) in [7, 11) is 0. The Morgan fingerprint density at radius 2 is 0.949 bits per heavy atom. The van der Waals surface area contributed by atoms with Gasteiger partial charge < -0.3 is 92.6 Å². The molecule has 0 aromatic carbocycles. The fraction of sp³-hybridized carbons (Fsp3) is 0.755. The number of nitrogens with two attached hydrogens (primary N) is 8. The summed E-state index contributed by atoms with van der Waals surface area (Å²) >= 11 is 0. The van der Waals surface area contributed by atoms with Crippen LogP contribution in [0.5, 0.6) is 0 Å². The van der Waals surface area contributed by atoms with Gasteiger partial charge in [-0.2, -0.15) is 0 Å². The molecule has 0 bridgehead atoms. The second kappa shape index (κ2) is 42.2. The molecule has 0 aliphatic carbocycles. The SMILES string of the molecule is CCCCCCCCCC(=O)NC[C@@H]1NC(=O)[C@H](CCC(=O)CCCOCCOCC(=O)NC(CCCCN)C(N)=O)NC(=O)[C@H](CCCN=C(N)N)NC(=O)[C@H](CCCN=C(N)N)NC(=O)[C@H](CCCN=C(N)N)NC1=O. The van der Waals surface area contributed by atoms with E-state index in [9.17, 15) is 43.2 Å². The zero-order valence-electron chi connectivity index (χ0n) is 45.6. The number of nitrogens with zero attached hydrogens (tertiary/aromatic N) is 3. The van der Waals surface area contributed by atoms with Crippen molar-refractivity contribution in [2.45, 2.75) is 178 Å². The van der Waals surface area contributed by atoms with E-state index >= 15 is 0 Å². The fourth-order valence-corrected chi connectivity index (χ4v) is 7.90. The zero-order valence-corrected chi connectivity index (χ0v) is 45.6. The van der Waals surface area contributed by atoms with Crippen LogP contribution in [0.1, 0.15) is 142 Å². The second-order valence-corrected chi connectivity index (χ2v) is 19.0. The molecule has 29 nitrogen and oxygen atoms in total. The summed E-state index contributed by atoms with van der Waals surface area (Å²) < 4.78 is 10.9. The number of primary amides is 1. The van der Waals surface area contributed by atoms with Crippen molar-refractivity contribution in [1.82, 2.24) is 37.2 Å². The van der Waals surface area contributed by atoms with Gasteiger partial charge in [-0.15, -0.1) is 0 Å². The first-order valence-electron chi connectivity index (χ1n) is 27.2. The molecule has 1 fully saturated rings. The lowest BCUT2D eigenvalue weighted by atomic mass is 10.0. The molecule has 1 aliphatic heterocycles. The average Bonchev–Trinajstić information content (AvgIpc) is 3.38. The van der Waals surface area contributed by atoms with Crippen LogP contribution < -0.4 is 83.1 Å². The Morgan fingerprint density at radius 1 is 0.500 bits per heavy atom. The number of hydrogen-bond donors (Lipinski definition) is 15. The lowest BCUT2D eigenvalue weighted by molar-refractivity contribution is -0.134. The van der Waals surface area contributed by atoms with Gasteiger partial charge in [0.25, 0.3) is 0 Å². The van der Waals surface area contributed by atoms with E-state index in [-0.39, 0.29) is 146 Å². The summed E-state index contributed by atoms with van der Waals surface area (Å²) in [5.41, 5.74) is 44.0. The van der Waals surface area contributed by atoms with Crippen molar-refractivity contribution in [3.05, 3.63) is 0 Å². The highest BCUT2D eigenvalue weighted by Crippen LogP contribution is 2.12. The van der Waals surface area contributed by atoms with Crippen LogP contribution >= 0.6 is 0 Å². The van der Waals surface area contributed by atoms with E-state index in [0.717, 1.165) is 38.5 Å². The fourth-order valence-electron chi connectivity index (χ4n) is 7.90. The van der Waals surface area contributed by atoms with Gasteiger partial charge in [-0.3, -0.25) is 58.1 Å². The van der Waals surface area contributed by atoms with E-state index in [1.807, 2.05) is 0 Å². The van der Waals surface area contributed by atoms with Gasteiger partial charge in [0, 0.05) is 52.0 Å². The lowest BCUT2D eigenvalue weighted by Crippen LogP contribution is -2.60. The number of nitrogens with one attached hydrogen (secondary N) is 7. The number of carbonyl (C=O) groups is 9. The predicted octanol–water partition coefficient (Wildman–Crippen LogP) is -3.90. The number of carbonyl (C=O) groups excluding carboxylic acids is 9. The van der Waals surface area contributed by atoms with Gasteiger partial charge in [0.15, 0.2) is 17.9 Å². The average molecular weight is 1110 g/mol. The van der Waals surface area contributed by atoms with E-state index in [0.29, 0.717) is 32.2 Å². The molecular formula is C49H92N18O11. The highest BCUT2D eigenvalue weighted by atomic mass is 16.5. The number of ether oxygens (including phenoxy) is 2. The maximum Gasteiger partial charge on any atom is 0.246 e. The number of rotatable bonds is 40. The van der Waals surface area contributed by atoms with E-state index < -0.39 is 84.1 Å². The second-order valence-electron chi connectivity index (χ2n) is 19.0. The molecule has 0 radical (unpaired) electrons. The molecule has 0 aromatic rings. The molecule has 23 N–H and O–H groups in total. The molecule has 444 valence electrons. The van der Waals surface area contributed by atoms with E-state index in [1.165, 1.54) is 0 Å². The van der Waals surface area contributed by atoms with Gasteiger partial charge in [-0.05, 0) is 83.6 Å². The van der Waals surface area contributed by atoms with Crippen molar-refractivity contribution in [2.75, 3.05) is 59.2 Å². The molecule has 1 aliphatic rings. The van der Waals surface area contributed by atoms with Crippen molar-refractivity contribution in [1.29, 1.82) is 0 Å². The van der Waals surface area contributed by atoms with Crippen LogP contribution in [-0.4, -0.2) is 166 Å². The summed E-state index contributed by atoms with van der Waals surface area (Å²) in [5, 5.41) is 18.6. The number of hydrogen-bond acceptors (Lipinski definition) is 15. The quantitative estimate of drug-likeness (QED) is 0.0158. The van der Waals surface area contributed by atoms with Crippen molar-refractivity contribution in [3.63, 3.8) is 0 Å². The molecule has 1 saturated heterocycles. The minimum absolute atomic E-state index is 0.0136. The lowest BCUT2D eigenvalue weighted by Gasteiger charge is -2.26. The van der Waals surface area contributed by atoms with Crippen molar-refractivity contribution >= 4 is 70.9 Å². The molecule has 78 heavy (non-hydrogen) atoms. The van der Waals surface area contributed by atoms with E-state index in [2.05, 4.69) is 59.1 Å². The molecule has 0 aromatic heterocycles. The normalized spacial score (nSPS) is 18.5. The Bertz CT molecular complexity index is 1950. The number of Topliss-reactive ketones (excluding diaryl/α,β-unsaturated/α-hetero) is 1. The van der Waals surface area contributed by atoms with Crippen LogP contribution in [0.2, 0.25) is 0 Å². The summed E-state index contributed by atoms with van der Waals surface area (Å²) in [4.78, 5) is 134.